The number of benzene rings is 1. The highest BCUT2D eigenvalue weighted by Crippen LogP contribution is 2.33. The van der Waals surface area contributed by atoms with Gasteiger partial charge < -0.3 is 15.3 Å². The highest BCUT2D eigenvalue weighted by atomic mass is 19.1. The van der Waals surface area contributed by atoms with Gasteiger partial charge in [-0.1, -0.05) is 12.8 Å². The molecule has 1 aliphatic carbocycles. The molecule has 1 saturated heterocycles. The summed E-state index contributed by atoms with van der Waals surface area (Å²) in [5.74, 6) is -2.05. The molecule has 6 nitrogen and oxygen atoms in total. The predicted molar refractivity (Wildman–Crippen MR) is 96.6 cm³/mol. The van der Waals surface area contributed by atoms with Crippen LogP contribution in [0.3, 0.4) is 0 Å². The molecule has 2 fully saturated rings. The molecule has 2 amide bonds. The van der Waals surface area contributed by atoms with Gasteiger partial charge in [0, 0.05) is 18.7 Å². The van der Waals surface area contributed by atoms with Gasteiger partial charge in [0.2, 0.25) is 5.91 Å². The van der Waals surface area contributed by atoms with Gasteiger partial charge in [-0.05, 0) is 49.9 Å². The van der Waals surface area contributed by atoms with Crippen molar-refractivity contribution in [1.82, 2.24) is 10.2 Å². The number of carboxylic acid groups (broad SMARTS) is 1. The molecular weight excluding hydrogens is 351 g/mol. The molecule has 0 spiro atoms. The molecule has 0 aromatic heterocycles. The zero-order valence-electron chi connectivity index (χ0n) is 15.2. The Morgan fingerprint density at radius 1 is 1.15 bits per heavy atom. The number of hydrogen-bond acceptors (Lipinski definition) is 3. The quantitative estimate of drug-likeness (QED) is 0.827. The van der Waals surface area contributed by atoms with Crippen LogP contribution in [0.4, 0.5) is 4.39 Å². The van der Waals surface area contributed by atoms with Gasteiger partial charge in [-0.15, -0.1) is 0 Å². The molecular formula is C20H25FN2O4. The van der Waals surface area contributed by atoms with Crippen LogP contribution < -0.4 is 5.32 Å². The zero-order chi connectivity index (χ0) is 19.4. The molecule has 3 rings (SSSR count). The van der Waals surface area contributed by atoms with E-state index in [9.17, 15) is 23.9 Å². The Morgan fingerprint density at radius 2 is 1.81 bits per heavy atom. The van der Waals surface area contributed by atoms with Crippen molar-refractivity contribution in [1.29, 1.82) is 0 Å². The van der Waals surface area contributed by atoms with E-state index in [1.54, 1.807) is 4.90 Å². The predicted octanol–water partition coefficient (Wildman–Crippen LogP) is 2.58. The monoisotopic (exact) mass is 376 g/mol. The van der Waals surface area contributed by atoms with E-state index in [1.807, 2.05) is 0 Å². The lowest BCUT2D eigenvalue weighted by Crippen LogP contribution is -2.53. The van der Waals surface area contributed by atoms with Crippen molar-refractivity contribution in [3.63, 3.8) is 0 Å². The fourth-order valence-corrected chi connectivity index (χ4v) is 4.20. The molecule has 1 unspecified atom stereocenters. The van der Waals surface area contributed by atoms with Crippen LogP contribution in [0.25, 0.3) is 0 Å². The van der Waals surface area contributed by atoms with Crippen LogP contribution in [0, 0.1) is 11.7 Å². The van der Waals surface area contributed by atoms with Crippen LogP contribution in [0.1, 0.15) is 55.3 Å². The maximum atomic E-state index is 13.1. The second kappa shape index (κ2) is 8.06. The van der Waals surface area contributed by atoms with E-state index in [2.05, 4.69) is 5.32 Å². The molecule has 1 atom stereocenters. The number of carboxylic acids is 1. The van der Waals surface area contributed by atoms with Gasteiger partial charge in [0.1, 0.15) is 5.82 Å². The summed E-state index contributed by atoms with van der Waals surface area (Å²) in [5.41, 5.74) is -0.262. The third-order valence-electron chi connectivity index (χ3n) is 5.61. The summed E-state index contributed by atoms with van der Waals surface area (Å²) in [6.07, 6.45) is 4.48. The summed E-state index contributed by atoms with van der Waals surface area (Å²) in [6.45, 7) is 0.853. The van der Waals surface area contributed by atoms with E-state index in [1.165, 1.54) is 24.3 Å². The smallest absolute Gasteiger partial charge is 0.305 e. The van der Waals surface area contributed by atoms with Crippen molar-refractivity contribution in [2.45, 2.75) is 50.5 Å². The lowest BCUT2D eigenvalue weighted by molar-refractivity contribution is -0.139. The fourth-order valence-electron chi connectivity index (χ4n) is 4.20. The zero-order valence-corrected chi connectivity index (χ0v) is 15.2. The van der Waals surface area contributed by atoms with Gasteiger partial charge in [-0.25, -0.2) is 4.39 Å². The van der Waals surface area contributed by atoms with Crippen molar-refractivity contribution in [3.05, 3.63) is 35.6 Å². The normalized spacial score (nSPS) is 21.7. The Kier molecular flexibility index (Phi) is 5.77. The second-order valence-corrected chi connectivity index (χ2v) is 7.64. The summed E-state index contributed by atoms with van der Waals surface area (Å²) >= 11 is 0. The Labute approximate surface area is 157 Å². The van der Waals surface area contributed by atoms with E-state index in [0.717, 1.165) is 12.8 Å². The molecule has 0 bridgehead atoms. The number of halogens is 1. The largest absolute Gasteiger partial charge is 0.481 e. The van der Waals surface area contributed by atoms with Crippen molar-refractivity contribution in [2.75, 3.05) is 13.1 Å². The topological polar surface area (TPSA) is 86.7 Å². The van der Waals surface area contributed by atoms with Crippen molar-refractivity contribution >= 4 is 17.8 Å². The Hall–Kier alpha value is -2.44. The lowest BCUT2D eigenvalue weighted by atomic mass is 9.90. The third kappa shape index (κ3) is 4.64. The summed E-state index contributed by atoms with van der Waals surface area (Å²) < 4.78 is 13.1. The first-order valence-electron chi connectivity index (χ1n) is 9.47. The number of amides is 2. The summed E-state index contributed by atoms with van der Waals surface area (Å²) in [7, 11) is 0. The Balaban J connectivity index is 1.64. The number of likely N-dealkylation sites (tertiary alicyclic amines) is 1. The molecule has 7 heteroatoms. The lowest BCUT2D eigenvalue weighted by Gasteiger charge is -2.35. The first-order valence-corrected chi connectivity index (χ1v) is 9.47. The standard InChI is InChI=1S/C20H25FN2O4/c21-16-7-5-14(6-8-16)19(27)23-11-3-4-15(13-23)18(26)22-20(12-17(24)25)9-1-2-10-20/h5-8,15H,1-4,9-13H2,(H,22,26)(H,24,25). The Morgan fingerprint density at radius 3 is 2.44 bits per heavy atom. The van der Waals surface area contributed by atoms with E-state index in [0.29, 0.717) is 44.3 Å². The van der Waals surface area contributed by atoms with Crippen LogP contribution in [-0.2, 0) is 9.59 Å². The van der Waals surface area contributed by atoms with Crippen LogP contribution in [-0.4, -0.2) is 46.4 Å². The van der Waals surface area contributed by atoms with Crippen LogP contribution >= 0.6 is 0 Å². The number of piperidine rings is 1. The average Bonchev–Trinajstić information content (AvgIpc) is 3.09. The van der Waals surface area contributed by atoms with Gasteiger partial charge in [-0.2, -0.15) is 0 Å². The van der Waals surface area contributed by atoms with E-state index < -0.39 is 17.3 Å². The number of carbonyl (C=O) groups is 3. The molecule has 1 saturated carbocycles. The molecule has 0 radical (unpaired) electrons. The van der Waals surface area contributed by atoms with Gasteiger partial charge in [-0.3, -0.25) is 14.4 Å². The maximum Gasteiger partial charge on any atom is 0.305 e. The summed E-state index contributed by atoms with van der Waals surface area (Å²) in [6, 6.07) is 5.39. The minimum Gasteiger partial charge on any atom is -0.481 e. The minimum absolute atomic E-state index is 0.0658. The fraction of sp³-hybridized carbons (Fsp3) is 0.550. The molecule has 27 heavy (non-hydrogen) atoms. The first kappa shape index (κ1) is 19.3. The summed E-state index contributed by atoms with van der Waals surface area (Å²) in [5, 5.41) is 12.2. The number of rotatable bonds is 5. The van der Waals surface area contributed by atoms with Crippen molar-refractivity contribution in [3.8, 4) is 0 Å². The van der Waals surface area contributed by atoms with Crippen molar-refractivity contribution < 1.29 is 23.9 Å². The highest BCUT2D eigenvalue weighted by Gasteiger charge is 2.39. The number of nitrogens with zero attached hydrogens (tertiary/aromatic N) is 1. The Bertz CT molecular complexity index is 713. The number of carbonyl (C=O) groups excluding carboxylic acids is 2. The van der Waals surface area contributed by atoms with Crippen molar-refractivity contribution in [2.24, 2.45) is 5.92 Å². The van der Waals surface area contributed by atoms with Crippen LogP contribution in [0.2, 0.25) is 0 Å². The molecule has 1 heterocycles. The second-order valence-electron chi connectivity index (χ2n) is 7.64. The van der Waals surface area contributed by atoms with Gasteiger partial charge in [0.25, 0.3) is 5.91 Å². The molecule has 1 aromatic rings. The summed E-state index contributed by atoms with van der Waals surface area (Å²) in [4.78, 5) is 38.3. The highest BCUT2D eigenvalue weighted by molar-refractivity contribution is 5.94. The van der Waals surface area contributed by atoms with Gasteiger partial charge in [0.15, 0.2) is 0 Å². The average molecular weight is 376 g/mol. The molecule has 146 valence electrons. The number of hydrogen-bond donors (Lipinski definition) is 2. The van der Waals surface area contributed by atoms with Crippen LogP contribution in [0.5, 0.6) is 0 Å². The van der Waals surface area contributed by atoms with E-state index in [4.69, 9.17) is 0 Å². The maximum absolute atomic E-state index is 13.1. The van der Waals surface area contributed by atoms with Gasteiger partial charge >= 0.3 is 5.97 Å². The SMILES string of the molecule is O=C(O)CC1(NC(=O)C2CCCN(C(=O)c3ccc(F)cc3)C2)CCCC1. The number of nitrogens with one attached hydrogen (secondary N) is 1. The first-order chi connectivity index (χ1) is 12.9. The van der Waals surface area contributed by atoms with Crippen LogP contribution in [0.15, 0.2) is 24.3 Å². The molecule has 2 N–H and O–H groups in total. The van der Waals surface area contributed by atoms with E-state index in [-0.39, 0.29) is 24.2 Å². The molecule has 1 aliphatic heterocycles. The number of aliphatic carboxylic acids is 1. The van der Waals surface area contributed by atoms with Gasteiger partial charge in [0.05, 0.1) is 17.9 Å². The molecule has 2 aliphatic rings. The molecule has 1 aromatic carbocycles. The third-order valence-corrected chi connectivity index (χ3v) is 5.61. The van der Waals surface area contributed by atoms with E-state index >= 15 is 0 Å². The minimum atomic E-state index is -0.908.